The number of hydrogen-bond acceptors (Lipinski definition) is 2. The Morgan fingerprint density at radius 1 is 0.463 bits per heavy atom. The molecule has 2 unspecified atom stereocenters. The first-order valence-electron chi connectivity index (χ1n) is 34.0. The van der Waals surface area contributed by atoms with Gasteiger partial charge in [0.2, 0.25) is 0 Å². The zero-order valence-corrected chi connectivity index (χ0v) is 55.2. The molecule has 1 aromatic heterocycles. The lowest BCUT2D eigenvalue weighted by molar-refractivity contribution is 0.232. The Kier molecular flexibility index (Phi) is 16.3. The number of nitrogens with zero attached hydrogens (tertiary/aromatic N) is 2. The number of rotatable bonds is 19. The molecule has 0 bridgehead atoms. The summed E-state index contributed by atoms with van der Waals surface area (Å²) in [6.07, 6.45) is 7.21. The van der Waals surface area contributed by atoms with Gasteiger partial charge in [-0.05, 0) is 216 Å². The second-order valence-corrected chi connectivity index (χ2v) is 27.2. The molecule has 1 aliphatic rings. The maximum absolute atomic E-state index is 6.65. The van der Waals surface area contributed by atoms with E-state index in [1.54, 1.807) is 0 Å². The molecule has 0 saturated heterocycles. The fraction of sp³-hybridized carbons (Fsp3) is 0.152. The lowest BCUT2D eigenvalue weighted by atomic mass is 9.69. The van der Waals surface area contributed by atoms with Gasteiger partial charge in [0.25, 0.3) is 0 Å². The number of unbranched alkanes of at least 4 members (excludes halogenated alkanes) is 1. The Morgan fingerprint density at radius 2 is 0.968 bits per heavy atom. The summed E-state index contributed by atoms with van der Waals surface area (Å²) >= 11 is 0. The molecule has 0 saturated carbocycles. The summed E-state index contributed by atoms with van der Waals surface area (Å²) < 4.78 is 9.05. The van der Waals surface area contributed by atoms with Gasteiger partial charge in [-0.25, -0.2) is 0 Å². The third-order valence-electron chi connectivity index (χ3n) is 20.3. The molecule has 0 fully saturated rings. The van der Waals surface area contributed by atoms with Gasteiger partial charge >= 0.3 is 0 Å². The molecule has 13 aromatic carbocycles. The number of benzene rings is 13. The van der Waals surface area contributed by atoms with Gasteiger partial charge in [-0.2, -0.15) is 0 Å². The highest BCUT2D eigenvalue weighted by Gasteiger charge is 2.44. The predicted molar refractivity (Wildman–Crippen MR) is 404 cm³/mol. The van der Waals surface area contributed by atoms with Crippen LogP contribution >= 0.6 is 0 Å². The van der Waals surface area contributed by atoms with E-state index >= 15 is 0 Å². The predicted octanol–water partition coefficient (Wildman–Crippen LogP) is 25.3. The van der Waals surface area contributed by atoms with Crippen molar-refractivity contribution in [2.24, 2.45) is 5.92 Å². The van der Waals surface area contributed by atoms with E-state index in [-0.39, 0.29) is 10.8 Å². The Labute approximate surface area is 560 Å². The van der Waals surface area contributed by atoms with E-state index in [2.05, 4.69) is 348 Å². The monoisotopic (exact) mass is 1230 g/mol. The molecule has 0 radical (unpaired) electrons. The van der Waals surface area contributed by atoms with Crippen LogP contribution in [-0.4, -0.2) is 11.2 Å². The van der Waals surface area contributed by atoms with Crippen LogP contribution in [0.3, 0.4) is 0 Å². The summed E-state index contributed by atoms with van der Waals surface area (Å²) in [5, 5.41) is 4.86. The largest absolute Gasteiger partial charge is 0.493 e. The fourth-order valence-electron chi connectivity index (χ4n) is 14.9. The minimum atomic E-state index is -0.371. The van der Waals surface area contributed by atoms with Crippen molar-refractivity contribution in [2.45, 2.75) is 77.6 Å². The molecule has 0 amide bonds. The molecular formula is C92H80N2O. The number of fused-ring (bicyclic) bond motifs is 7. The van der Waals surface area contributed by atoms with Crippen molar-refractivity contribution in [1.29, 1.82) is 0 Å². The van der Waals surface area contributed by atoms with Crippen molar-refractivity contribution in [2.75, 3.05) is 11.5 Å². The third-order valence-corrected chi connectivity index (χ3v) is 20.3. The Bertz CT molecular complexity index is 5070. The summed E-state index contributed by atoms with van der Waals surface area (Å²) in [6.45, 7) is 16.0. The summed E-state index contributed by atoms with van der Waals surface area (Å²) in [5.41, 5.74) is 26.5. The lowest BCUT2D eigenvalue weighted by Crippen LogP contribution is -2.27. The number of anilines is 3. The van der Waals surface area contributed by atoms with Crippen LogP contribution in [0.2, 0.25) is 0 Å². The number of ether oxygens (including phenoxy) is 1. The van der Waals surface area contributed by atoms with Crippen LogP contribution in [0.15, 0.2) is 304 Å². The third kappa shape index (κ3) is 11.8. The standard InChI is InChI=1S/C92H80N2O/c1-7-64-28-32-69(33-29-64)74-43-54-89-85(59-74)86-60-75(44-55-90(86)94(89)78-22-13-10-14-23-78)70-40-49-80(50-41-70)93(79-47-38-67(39-48-79)66-36-45-76(46-37-66)91(4,5)6)81-51-53-84-83-24-15-16-25-87(83)92(88(84)61-81,77-20-11-9-12-21-77)56-18-17-19-65(8-2)62-95-82-52-42-72-57-71(34-35-73(72)58-82)68-30-26-63(3)27-31-68/h7,9-16,20-55,57-61,65H,1,8,17-19,56,62H2,2-6H3. The second-order valence-electron chi connectivity index (χ2n) is 27.2. The molecule has 1 aliphatic carbocycles. The van der Waals surface area contributed by atoms with Gasteiger partial charge in [0, 0.05) is 38.9 Å². The van der Waals surface area contributed by atoms with Gasteiger partial charge in [-0.15, -0.1) is 0 Å². The van der Waals surface area contributed by atoms with Crippen LogP contribution in [0.1, 0.15) is 93.2 Å². The smallest absolute Gasteiger partial charge is 0.119 e. The van der Waals surface area contributed by atoms with Crippen LogP contribution in [0.25, 0.3) is 100.0 Å². The molecule has 3 nitrogen and oxygen atoms in total. The molecule has 95 heavy (non-hydrogen) atoms. The minimum absolute atomic E-state index is 0.0781. The van der Waals surface area contributed by atoms with Gasteiger partial charge in [0.1, 0.15) is 5.75 Å². The van der Waals surface area contributed by atoms with Gasteiger partial charge in [0.05, 0.1) is 17.6 Å². The molecule has 15 rings (SSSR count). The van der Waals surface area contributed by atoms with E-state index in [4.69, 9.17) is 4.74 Å². The van der Waals surface area contributed by atoms with Crippen molar-refractivity contribution in [3.8, 4) is 67.1 Å². The van der Waals surface area contributed by atoms with Crippen molar-refractivity contribution < 1.29 is 4.74 Å². The average Bonchev–Trinajstić information content (AvgIpc) is 1.56. The lowest BCUT2D eigenvalue weighted by Gasteiger charge is -2.34. The summed E-state index contributed by atoms with van der Waals surface area (Å²) in [4.78, 5) is 2.47. The Hall–Kier alpha value is -10.7. The molecule has 464 valence electrons. The van der Waals surface area contributed by atoms with E-state index in [0.717, 1.165) is 71.7 Å². The van der Waals surface area contributed by atoms with Gasteiger partial charge in [-0.1, -0.05) is 271 Å². The number of para-hydroxylation sites is 1. The van der Waals surface area contributed by atoms with Crippen molar-refractivity contribution in [1.82, 2.24) is 4.57 Å². The summed E-state index contributed by atoms with van der Waals surface area (Å²) in [7, 11) is 0. The molecule has 0 N–H and O–H groups in total. The normalized spacial score (nSPS) is 13.8. The number of aryl methyl sites for hydroxylation is 1. The fourth-order valence-corrected chi connectivity index (χ4v) is 14.9. The van der Waals surface area contributed by atoms with E-state index in [0.29, 0.717) is 12.5 Å². The van der Waals surface area contributed by atoms with Crippen molar-refractivity contribution in [3.05, 3.63) is 337 Å². The highest BCUT2D eigenvalue weighted by Crippen LogP contribution is 2.57. The molecule has 0 spiro atoms. The van der Waals surface area contributed by atoms with Crippen molar-refractivity contribution in [3.63, 3.8) is 0 Å². The van der Waals surface area contributed by atoms with E-state index in [9.17, 15) is 0 Å². The Balaban J connectivity index is 0.763. The van der Waals surface area contributed by atoms with Crippen molar-refractivity contribution >= 4 is 55.7 Å². The molecule has 14 aromatic rings. The molecule has 3 heteroatoms. The van der Waals surface area contributed by atoms with Crippen LogP contribution in [0, 0.1) is 12.8 Å². The molecule has 0 aliphatic heterocycles. The van der Waals surface area contributed by atoms with E-state index in [1.807, 2.05) is 6.08 Å². The van der Waals surface area contributed by atoms with Crippen LogP contribution in [-0.2, 0) is 10.8 Å². The van der Waals surface area contributed by atoms with E-state index < -0.39 is 0 Å². The zero-order chi connectivity index (χ0) is 64.6. The van der Waals surface area contributed by atoms with Crippen LogP contribution in [0.5, 0.6) is 5.75 Å². The maximum Gasteiger partial charge on any atom is 0.119 e. The first-order valence-corrected chi connectivity index (χ1v) is 34.0. The highest BCUT2D eigenvalue weighted by molar-refractivity contribution is 6.12. The minimum Gasteiger partial charge on any atom is -0.493 e. The quantitative estimate of drug-likeness (QED) is 0.0751. The number of hydrogen-bond donors (Lipinski definition) is 0. The Morgan fingerprint density at radius 3 is 1.59 bits per heavy atom. The van der Waals surface area contributed by atoms with Gasteiger partial charge in [0.15, 0.2) is 0 Å². The first kappa shape index (κ1) is 60.5. The summed E-state index contributed by atoms with van der Waals surface area (Å²) in [5.74, 6) is 1.38. The molecule has 1 heterocycles. The molecule has 2 atom stereocenters. The topological polar surface area (TPSA) is 17.4 Å². The average molecular weight is 1230 g/mol. The zero-order valence-electron chi connectivity index (χ0n) is 55.2. The first-order chi connectivity index (χ1) is 46.5. The van der Waals surface area contributed by atoms with Crippen LogP contribution < -0.4 is 9.64 Å². The highest BCUT2D eigenvalue weighted by atomic mass is 16.5. The van der Waals surface area contributed by atoms with Crippen LogP contribution in [0.4, 0.5) is 17.1 Å². The molecular weight excluding hydrogens is 1150 g/mol. The van der Waals surface area contributed by atoms with E-state index in [1.165, 1.54) is 110 Å². The maximum atomic E-state index is 6.65. The SMILES string of the molecule is C=Cc1ccc(-c2ccc3c(c2)c2cc(-c4ccc(N(c5ccc(-c6ccc(C(C)(C)C)cc6)cc5)c5ccc6c(c5)C(CCCCC(CC)COc5ccc7cc(-c8ccc(C)cc8)ccc7c5)(c5ccccc5)c5ccccc5-6)cc4)ccc2n3-c2ccccc2)cc1. The number of aromatic nitrogens is 1. The second kappa shape index (κ2) is 25.6. The van der Waals surface area contributed by atoms with Gasteiger partial charge < -0.3 is 14.2 Å². The summed E-state index contributed by atoms with van der Waals surface area (Å²) in [6, 6.07) is 111. The van der Waals surface area contributed by atoms with Gasteiger partial charge in [-0.3, -0.25) is 0 Å².